The SMILES string of the molecule is CCN(CC)C/C=C(\Cl)CCN. The standard InChI is InChI=1S/C9H19ClN2/c1-3-12(4-2)8-6-9(10)5-7-11/h6H,3-5,7-8,11H2,1-2H3/b9-6-. The third-order valence-electron chi connectivity index (χ3n) is 1.85. The maximum Gasteiger partial charge on any atom is 0.0177 e. The number of likely N-dealkylation sites (N-methyl/N-ethyl adjacent to an activating group) is 1. The van der Waals surface area contributed by atoms with Gasteiger partial charge in [0.1, 0.15) is 0 Å². The lowest BCUT2D eigenvalue weighted by molar-refractivity contribution is 0.337. The molecule has 0 atom stereocenters. The van der Waals surface area contributed by atoms with Crippen LogP contribution in [0.5, 0.6) is 0 Å². The van der Waals surface area contributed by atoms with Crippen LogP contribution in [0.3, 0.4) is 0 Å². The summed E-state index contributed by atoms with van der Waals surface area (Å²) in [6.07, 6.45) is 2.84. The molecule has 0 bridgehead atoms. The molecule has 0 spiro atoms. The molecule has 0 heterocycles. The summed E-state index contributed by atoms with van der Waals surface area (Å²) in [4.78, 5) is 2.30. The normalized spacial score (nSPS) is 12.6. The van der Waals surface area contributed by atoms with Gasteiger partial charge in [-0.3, -0.25) is 0 Å². The largest absolute Gasteiger partial charge is 0.330 e. The number of nitrogens with two attached hydrogens (primary N) is 1. The molecular formula is C9H19ClN2. The van der Waals surface area contributed by atoms with Crippen molar-refractivity contribution in [3.63, 3.8) is 0 Å². The van der Waals surface area contributed by atoms with Gasteiger partial charge in [0.05, 0.1) is 0 Å². The summed E-state index contributed by atoms with van der Waals surface area (Å²) in [6, 6.07) is 0. The summed E-state index contributed by atoms with van der Waals surface area (Å²) in [7, 11) is 0. The molecule has 0 saturated heterocycles. The van der Waals surface area contributed by atoms with Crippen LogP contribution >= 0.6 is 11.6 Å². The Hall–Kier alpha value is -0.0500. The van der Waals surface area contributed by atoms with Gasteiger partial charge in [0.15, 0.2) is 0 Å². The van der Waals surface area contributed by atoms with E-state index in [1.165, 1.54) is 0 Å². The third-order valence-corrected chi connectivity index (χ3v) is 2.19. The van der Waals surface area contributed by atoms with E-state index >= 15 is 0 Å². The van der Waals surface area contributed by atoms with Gasteiger partial charge in [0, 0.05) is 11.6 Å². The van der Waals surface area contributed by atoms with Gasteiger partial charge < -0.3 is 10.6 Å². The Morgan fingerprint density at radius 2 is 2.00 bits per heavy atom. The fourth-order valence-corrected chi connectivity index (χ4v) is 1.13. The van der Waals surface area contributed by atoms with E-state index in [0.717, 1.165) is 31.1 Å². The molecule has 2 N–H and O–H groups in total. The topological polar surface area (TPSA) is 29.3 Å². The lowest BCUT2D eigenvalue weighted by Crippen LogP contribution is -2.22. The van der Waals surface area contributed by atoms with E-state index in [1.54, 1.807) is 0 Å². The summed E-state index contributed by atoms with van der Waals surface area (Å²) >= 11 is 5.89. The Balaban J connectivity index is 3.68. The Labute approximate surface area is 80.4 Å². The molecule has 0 aromatic carbocycles. The van der Waals surface area contributed by atoms with Crippen molar-refractivity contribution in [2.45, 2.75) is 20.3 Å². The van der Waals surface area contributed by atoms with Crippen LogP contribution in [0.1, 0.15) is 20.3 Å². The highest BCUT2D eigenvalue weighted by molar-refractivity contribution is 6.29. The van der Waals surface area contributed by atoms with E-state index < -0.39 is 0 Å². The fourth-order valence-electron chi connectivity index (χ4n) is 0.950. The predicted octanol–water partition coefficient (Wildman–Crippen LogP) is 1.80. The molecule has 0 aromatic heterocycles. The first-order valence-electron chi connectivity index (χ1n) is 4.51. The number of nitrogens with zero attached hydrogens (tertiary/aromatic N) is 1. The average molecular weight is 191 g/mol. The van der Waals surface area contributed by atoms with Gasteiger partial charge >= 0.3 is 0 Å². The molecule has 0 unspecified atom stereocenters. The zero-order valence-corrected chi connectivity index (χ0v) is 8.77. The zero-order chi connectivity index (χ0) is 9.40. The Morgan fingerprint density at radius 1 is 1.42 bits per heavy atom. The second-order valence-corrected chi connectivity index (χ2v) is 3.16. The van der Waals surface area contributed by atoms with E-state index in [1.807, 2.05) is 6.08 Å². The van der Waals surface area contributed by atoms with E-state index in [-0.39, 0.29) is 0 Å². The van der Waals surface area contributed by atoms with Crippen molar-refractivity contribution in [3.05, 3.63) is 11.1 Å². The molecule has 72 valence electrons. The number of rotatable bonds is 6. The highest BCUT2D eigenvalue weighted by Crippen LogP contribution is 2.05. The van der Waals surface area contributed by atoms with Crippen molar-refractivity contribution >= 4 is 11.6 Å². The van der Waals surface area contributed by atoms with Crippen LogP contribution < -0.4 is 5.73 Å². The number of halogens is 1. The molecule has 3 heteroatoms. The molecule has 12 heavy (non-hydrogen) atoms. The second-order valence-electron chi connectivity index (χ2n) is 2.68. The molecule has 0 aliphatic heterocycles. The van der Waals surface area contributed by atoms with Crippen molar-refractivity contribution in [2.75, 3.05) is 26.2 Å². The number of hydrogen-bond donors (Lipinski definition) is 1. The first-order chi connectivity index (χ1) is 5.74. The van der Waals surface area contributed by atoms with Gasteiger partial charge in [-0.1, -0.05) is 31.5 Å². The van der Waals surface area contributed by atoms with E-state index in [4.69, 9.17) is 17.3 Å². The Kier molecular flexibility index (Phi) is 7.56. The quantitative estimate of drug-likeness (QED) is 0.692. The fraction of sp³-hybridized carbons (Fsp3) is 0.778. The maximum atomic E-state index is 5.89. The summed E-state index contributed by atoms with van der Waals surface area (Å²) in [5.41, 5.74) is 5.36. The molecule has 0 fully saturated rings. The molecule has 0 radical (unpaired) electrons. The van der Waals surface area contributed by atoms with E-state index in [9.17, 15) is 0 Å². The highest BCUT2D eigenvalue weighted by atomic mass is 35.5. The van der Waals surface area contributed by atoms with Crippen LogP contribution in [0.4, 0.5) is 0 Å². The first-order valence-corrected chi connectivity index (χ1v) is 4.89. The van der Waals surface area contributed by atoms with Crippen LogP contribution in [0.2, 0.25) is 0 Å². The Bertz CT molecular complexity index is 130. The summed E-state index contributed by atoms with van der Waals surface area (Å²) in [6.45, 7) is 8.00. The lowest BCUT2D eigenvalue weighted by Gasteiger charge is -2.15. The van der Waals surface area contributed by atoms with Crippen molar-refractivity contribution in [1.29, 1.82) is 0 Å². The minimum atomic E-state index is 0.633. The van der Waals surface area contributed by atoms with Crippen molar-refractivity contribution in [1.82, 2.24) is 4.90 Å². The van der Waals surface area contributed by atoms with Crippen LogP contribution in [0, 0.1) is 0 Å². The zero-order valence-electron chi connectivity index (χ0n) is 8.02. The minimum absolute atomic E-state index is 0.633. The summed E-state index contributed by atoms with van der Waals surface area (Å²) in [5.74, 6) is 0. The van der Waals surface area contributed by atoms with Crippen LogP contribution in [-0.2, 0) is 0 Å². The van der Waals surface area contributed by atoms with Crippen LogP contribution in [0.15, 0.2) is 11.1 Å². The molecule has 0 amide bonds. The van der Waals surface area contributed by atoms with Crippen molar-refractivity contribution in [2.24, 2.45) is 5.73 Å². The van der Waals surface area contributed by atoms with Crippen molar-refractivity contribution in [3.8, 4) is 0 Å². The third kappa shape index (κ3) is 5.58. The maximum absolute atomic E-state index is 5.89. The van der Waals surface area contributed by atoms with E-state index in [2.05, 4.69) is 18.7 Å². The van der Waals surface area contributed by atoms with Gasteiger partial charge in [-0.2, -0.15) is 0 Å². The average Bonchev–Trinajstić information content (AvgIpc) is 2.07. The molecule has 0 aliphatic rings. The van der Waals surface area contributed by atoms with Gasteiger partial charge in [0.2, 0.25) is 0 Å². The van der Waals surface area contributed by atoms with E-state index in [0.29, 0.717) is 6.54 Å². The monoisotopic (exact) mass is 190 g/mol. The second kappa shape index (κ2) is 7.59. The molecule has 0 rings (SSSR count). The van der Waals surface area contributed by atoms with Gasteiger partial charge in [-0.05, 0) is 26.1 Å². The Morgan fingerprint density at radius 3 is 2.42 bits per heavy atom. The smallest absolute Gasteiger partial charge is 0.0177 e. The molecule has 0 aliphatic carbocycles. The summed E-state index contributed by atoms with van der Waals surface area (Å²) in [5, 5.41) is 0.879. The van der Waals surface area contributed by atoms with Gasteiger partial charge in [-0.25, -0.2) is 0 Å². The van der Waals surface area contributed by atoms with Gasteiger partial charge in [-0.15, -0.1) is 0 Å². The molecule has 0 aromatic rings. The van der Waals surface area contributed by atoms with Crippen molar-refractivity contribution < 1.29 is 0 Å². The summed E-state index contributed by atoms with van der Waals surface area (Å²) < 4.78 is 0. The highest BCUT2D eigenvalue weighted by Gasteiger charge is 1.96. The van der Waals surface area contributed by atoms with Crippen LogP contribution in [-0.4, -0.2) is 31.1 Å². The molecule has 2 nitrogen and oxygen atoms in total. The first kappa shape index (κ1) is 11.9. The molecular weight excluding hydrogens is 172 g/mol. The molecule has 0 saturated carbocycles. The lowest BCUT2D eigenvalue weighted by atomic mass is 10.3. The number of hydrogen-bond acceptors (Lipinski definition) is 2. The van der Waals surface area contributed by atoms with Crippen LogP contribution in [0.25, 0.3) is 0 Å². The van der Waals surface area contributed by atoms with Gasteiger partial charge in [0.25, 0.3) is 0 Å². The predicted molar refractivity (Wildman–Crippen MR) is 55.4 cm³/mol. The minimum Gasteiger partial charge on any atom is -0.330 e.